The minimum absolute atomic E-state index is 0.214. The largest absolute Gasteiger partial charge is 0.335 e. The first kappa shape index (κ1) is 13.9. The van der Waals surface area contributed by atoms with Crippen molar-refractivity contribution in [1.29, 1.82) is 0 Å². The van der Waals surface area contributed by atoms with E-state index < -0.39 is 0 Å². The van der Waals surface area contributed by atoms with Gasteiger partial charge in [-0.3, -0.25) is 4.79 Å². The third-order valence-electron chi connectivity index (χ3n) is 3.80. The number of carbonyl (C=O) groups is 1. The van der Waals surface area contributed by atoms with Gasteiger partial charge in [0.25, 0.3) is 0 Å². The monoisotopic (exact) mass is 237 g/mol. The highest BCUT2D eigenvalue weighted by Crippen LogP contribution is 2.27. The highest BCUT2D eigenvalue weighted by Gasteiger charge is 2.33. The summed E-state index contributed by atoms with van der Waals surface area (Å²) in [5.74, 6) is 1.06. The molecular weight excluding hydrogens is 214 g/mol. The first-order valence-corrected chi connectivity index (χ1v) is 6.36. The summed E-state index contributed by atoms with van der Waals surface area (Å²) in [5, 5.41) is 0. The average molecular weight is 237 g/mol. The fraction of sp³-hybridized carbons (Fsp3) is 0.692. The number of carbonyl (C=O) groups excluding carboxylic acids is 1. The zero-order valence-corrected chi connectivity index (χ0v) is 11.1. The summed E-state index contributed by atoms with van der Waals surface area (Å²) < 4.78 is 2.00. The van der Waals surface area contributed by atoms with Crippen LogP contribution in [0.5, 0.6) is 0 Å². The van der Waals surface area contributed by atoms with E-state index in [4.69, 9.17) is 5.73 Å². The lowest BCUT2D eigenvalue weighted by atomic mass is 9.77. The van der Waals surface area contributed by atoms with Crippen LogP contribution in [0.1, 0.15) is 39.4 Å². The van der Waals surface area contributed by atoms with Crippen molar-refractivity contribution in [2.75, 3.05) is 6.54 Å². The van der Waals surface area contributed by atoms with E-state index in [-0.39, 0.29) is 11.2 Å². The number of rotatable bonds is 7. The molecular formula is C13H23N3O. The molecule has 0 radical (unpaired) electrons. The maximum absolute atomic E-state index is 12.4. The molecule has 0 saturated heterocycles. The van der Waals surface area contributed by atoms with E-state index in [1.54, 1.807) is 6.20 Å². The molecule has 0 aliphatic carbocycles. The molecule has 0 atom stereocenters. The number of aryl methyl sites for hydroxylation is 1. The molecule has 96 valence electrons. The van der Waals surface area contributed by atoms with Crippen molar-refractivity contribution in [3.63, 3.8) is 0 Å². The highest BCUT2D eigenvalue weighted by atomic mass is 16.1. The Kier molecular flexibility index (Phi) is 4.87. The molecule has 4 heteroatoms. The van der Waals surface area contributed by atoms with Crippen LogP contribution in [-0.4, -0.2) is 21.9 Å². The van der Waals surface area contributed by atoms with Crippen LogP contribution < -0.4 is 5.73 Å². The van der Waals surface area contributed by atoms with Crippen molar-refractivity contribution in [2.45, 2.75) is 46.6 Å². The van der Waals surface area contributed by atoms with Crippen molar-refractivity contribution in [3.8, 4) is 0 Å². The minimum atomic E-state index is -0.371. The van der Waals surface area contributed by atoms with Crippen LogP contribution >= 0.6 is 0 Å². The molecule has 4 nitrogen and oxygen atoms in total. The first-order chi connectivity index (χ1) is 8.13. The number of ketones is 1. The number of hydrogen-bond acceptors (Lipinski definition) is 3. The third-order valence-corrected chi connectivity index (χ3v) is 3.80. The van der Waals surface area contributed by atoms with Gasteiger partial charge in [-0.1, -0.05) is 13.8 Å². The lowest BCUT2D eigenvalue weighted by Gasteiger charge is -2.28. The van der Waals surface area contributed by atoms with Gasteiger partial charge >= 0.3 is 0 Å². The summed E-state index contributed by atoms with van der Waals surface area (Å²) in [6.07, 6.45) is 5.63. The molecule has 0 aliphatic rings. The lowest BCUT2D eigenvalue weighted by Crippen LogP contribution is -2.39. The first-order valence-electron chi connectivity index (χ1n) is 6.36. The highest BCUT2D eigenvalue weighted by molar-refractivity contribution is 5.86. The van der Waals surface area contributed by atoms with Crippen LogP contribution in [-0.2, 0) is 17.8 Å². The molecule has 0 aliphatic heterocycles. The quantitative estimate of drug-likeness (QED) is 0.786. The number of hydrogen-bond donors (Lipinski definition) is 1. The standard InChI is InChI=1S/C13H23N3O/c1-4-13(5-2,10-14)11(17)9-12-15-7-8-16(12)6-3/h7-8H,4-6,9-10,14H2,1-3H3. The third kappa shape index (κ3) is 2.75. The molecule has 2 N–H and O–H groups in total. The van der Waals surface area contributed by atoms with Gasteiger partial charge in [0.1, 0.15) is 11.6 Å². The van der Waals surface area contributed by atoms with E-state index in [0.717, 1.165) is 25.2 Å². The van der Waals surface area contributed by atoms with Gasteiger partial charge < -0.3 is 10.3 Å². The summed E-state index contributed by atoms with van der Waals surface area (Å²) in [5.41, 5.74) is 5.41. The fourth-order valence-electron chi connectivity index (χ4n) is 2.17. The van der Waals surface area contributed by atoms with E-state index in [1.165, 1.54) is 0 Å². The minimum Gasteiger partial charge on any atom is -0.335 e. The Hall–Kier alpha value is -1.16. The Morgan fingerprint density at radius 3 is 2.53 bits per heavy atom. The summed E-state index contributed by atoms with van der Waals surface area (Å²) in [7, 11) is 0. The molecule has 0 spiro atoms. The van der Waals surface area contributed by atoms with E-state index in [1.807, 2.05) is 31.5 Å². The normalized spacial score (nSPS) is 11.8. The van der Waals surface area contributed by atoms with Crippen LogP contribution in [0.2, 0.25) is 0 Å². The Bertz CT molecular complexity index is 358. The molecule has 0 unspecified atom stereocenters. The van der Waals surface area contributed by atoms with Crippen LogP contribution in [0.25, 0.3) is 0 Å². The Balaban J connectivity index is 2.84. The topological polar surface area (TPSA) is 60.9 Å². The number of imidazole rings is 1. The number of aromatic nitrogens is 2. The Labute approximate surface area is 103 Å². The fourth-order valence-corrected chi connectivity index (χ4v) is 2.17. The predicted molar refractivity (Wildman–Crippen MR) is 68.7 cm³/mol. The second-order valence-corrected chi connectivity index (χ2v) is 4.42. The van der Waals surface area contributed by atoms with Crippen molar-refractivity contribution >= 4 is 5.78 Å². The maximum Gasteiger partial charge on any atom is 0.147 e. The van der Waals surface area contributed by atoms with Crippen molar-refractivity contribution < 1.29 is 4.79 Å². The van der Waals surface area contributed by atoms with E-state index in [2.05, 4.69) is 4.98 Å². The van der Waals surface area contributed by atoms with Gasteiger partial charge in [-0.25, -0.2) is 4.98 Å². The summed E-state index contributed by atoms with van der Waals surface area (Å²) in [6, 6.07) is 0. The van der Waals surface area contributed by atoms with Gasteiger partial charge in [-0.05, 0) is 19.8 Å². The van der Waals surface area contributed by atoms with E-state index in [0.29, 0.717) is 13.0 Å². The van der Waals surface area contributed by atoms with Gasteiger partial charge in [0.2, 0.25) is 0 Å². The van der Waals surface area contributed by atoms with Gasteiger partial charge in [0.15, 0.2) is 0 Å². The van der Waals surface area contributed by atoms with Crippen LogP contribution in [0.4, 0.5) is 0 Å². The number of nitrogens with two attached hydrogens (primary N) is 1. The molecule has 0 saturated carbocycles. The zero-order valence-electron chi connectivity index (χ0n) is 11.1. The van der Waals surface area contributed by atoms with Crippen LogP contribution in [0.3, 0.4) is 0 Å². The van der Waals surface area contributed by atoms with Crippen molar-refractivity contribution in [2.24, 2.45) is 11.1 Å². The number of nitrogens with zero attached hydrogens (tertiary/aromatic N) is 2. The van der Waals surface area contributed by atoms with E-state index >= 15 is 0 Å². The molecule has 0 bridgehead atoms. The number of Topliss-reactive ketones (excluding diaryl/α,β-unsaturated/α-hetero) is 1. The molecule has 0 amide bonds. The van der Waals surface area contributed by atoms with Crippen LogP contribution in [0, 0.1) is 5.41 Å². The maximum atomic E-state index is 12.4. The molecule has 1 rings (SSSR count). The van der Waals surface area contributed by atoms with Gasteiger partial charge in [-0.15, -0.1) is 0 Å². The molecule has 17 heavy (non-hydrogen) atoms. The van der Waals surface area contributed by atoms with Crippen molar-refractivity contribution in [3.05, 3.63) is 18.2 Å². The molecule has 1 heterocycles. The molecule has 1 aromatic heterocycles. The predicted octanol–water partition coefficient (Wildman–Crippen LogP) is 1.78. The summed E-state index contributed by atoms with van der Waals surface area (Å²) in [4.78, 5) is 16.6. The summed E-state index contributed by atoms with van der Waals surface area (Å²) >= 11 is 0. The Morgan fingerprint density at radius 2 is 2.06 bits per heavy atom. The second-order valence-electron chi connectivity index (χ2n) is 4.42. The average Bonchev–Trinajstić information content (AvgIpc) is 2.79. The SMILES string of the molecule is CCn1ccnc1CC(=O)C(CC)(CC)CN. The Morgan fingerprint density at radius 1 is 1.41 bits per heavy atom. The lowest BCUT2D eigenvalue weighted by molar-refractivity contribution is -0.128. The zero-order chi connectivity index (χ0) is 12.9. The second kappa shape index (κ2) is 5.96. The smallest absolute Gasteiger partial charge is 0.147 e. The van der Waals surface area contributed by atoms with Crippen LogP contribution in [0.15, 0.2) is 12.4 Å². The molecule has 0 aromatic carbocycles. The van der Waals surface area contributed by atoms with Crippen molar-refractivity contribution in [1.82, 2.24) is 9.55 Å². The molecule has 1 aromatic rings. The summed E-state index contributed by atoms with van der Waals surface area (Å²) in [6.45, 7) is 7.37. The van der Waals surface area contributed by atoms with Gasteiger partial charge in [0.05, 0.1) is 6.42 Å². The molecule has 0 fully saturated rings. The van der Waals surface area contributed by atoms with Gasteiger partial charge in [-0.2, -0.15) is 0 Å². The van der Waals surface area contributed by atoms with E-state index in [9.17, 15) is 4.79 Å². The van der Waals surface area contributed by atoms with Gasteiger partial charge in [0, 0.05) is 30.9 Å².